The van der Waals surface area contributed by atoms with Crippen molar-refractivity contribution in [1.29, 1.82) is 0 Å². The van der Waals surface area contributed by atoms with Gasteiger partial charge in [0.05, 0.1) is 6.21 Å². The number of hydrazone groups is 1. The highest BCUT2D eigenvalue weighted by atomic mass is 32.2. The molecule has 0 atom stereocenters. The van der Waals surface area contributed by atoms with Crippen LogP contribution in [0.2, 0.25) is 0 Å². The molecule has 0 saturated heterocycles. The van der Waals surface area contributed by atoms with E-state index in [9.17, 15) is 4.79 Å². The maximum absolute atomic E-state index is 12.3. The largest absolute Gasteiger partial charge is 0.451 e. The zero-order chi connectivity index (χ0) is 17.9. The minimum Gasteiger partial charge on any atom is -0.451 e. The van der Waals surface area contributed by atoms with Crippen LogP contribution in [0.3, 0.4) is 0 Å². The third-order valence-corrected chi connectivity index (χ3v) is 4.89. The normalized spacial score (nSPS) is 11.4. The fraction of sp³-hybridized carbons (Fsp3) is 0.0476. The number of benzene rings is 3. The molecule has 1 heterocycles. The van der Waals surface area contributed by atoms with Crippen LogP contribution in [0.4, 0.5) is 0 Å². The lowest BCUT2D eigenvalue weighted by Crippen LogP contribution is -2.16. The lowest BCUT2D eigenvalue weighted by atomic mass is 10.1. The minimum absolute atomic E-state index is 0.242. The summed E-state index contributed by atoms with van der Waals surface area (Å²) in [6.07, 6.45) is 3.64. The highest BCUT2D eigenvalue weighted by molar-refractivity contribution is 7.98. The number of amides is 1. The van der Waals surface area contributed by atoms with E-state index >= 15 is 0 Å². The van der Waals surface area contributed by atoms with Gasteiger partial charge in [0.25, 0.3) is 0 Å². The molecule has 4 aromatic rings. The second kappa shape index (κ2) is 7.06. The summed E-state index contributed by atoms with van der Waals surface area (Å²) in [5, 5.41) is 7.11. The number of thioether (sulfide) groups is 1. The van der Waals surface area contributed by atoms with Crippen LogP contribution in [0.15, 0.2) is 81.1 Å². The van der Waals surface area contributed by atoms with E-state index in [1.807, 2.05) is 66.9 Å². The zero-order valence-corrected chi connectivity index (χ0v) is 14.9. The smallest absolute Gasteiger partial charge is 0.307 e. The number of nitrogens with zero attached hydrogens (tertiary/aromatic N) is 1. The summed E-state index contributed by atoms with van der Waals surface area (Å²) < 4.78 is 5.68. The third-order valence-electron chi connectivity index (χ3n) is 4.15. The number of rotatable bonds is 4. The van der Waals surface area contributed by atoms with Crippen molar-refractivity contribution in [2.75, 3.05) is 6.26 Å². The van der Waals surface area contributed by atoms with E-state index in [0.717, 1.165) is 21.7 Å². The molecular formula is C21H16N2O2S. The van der Waals surface area contributed by atoms with Crippen LogP contribution < -0.4 is 5.43 Å². The first-order valence-corrected chi connectivity index (χ1v) is 9.36. The summed E-state index contributed by atoms with van der Waals surface area (Å²) in [5.74, 6) is -0.131. The van der Waals surface area contributed by atoms with E-state index in [1.165, 1.54) is 4.90 Å². The second-order valence-corrected chi connectivity index (χ2v) is 6.66. The fourth-order valence-corrected chi connectivity index (χ4v) is 3.22. The van der Waals surface area contributed by atoms with Crippen LogP contribution in [0.5, 0.6) is 0 Å². The summed E-state index contributed by atoms with van der Waals surface area (Å²) >= 11 is 1.68. The van der Waals surface area contributed by atoms with Crippen molar-refractivity contribution in [3.63, 3.8) is 0 Å². The lowest BCUT2D eigenvalue weighted by molar-refractivity contribution is 0.0929. The van der Waals surface area contributed by atoms with Crippen LogP contribution in [0, 0.1) is 0 Å². The molecule has 0 aliphatic rings. The molecule has 1 N–H and O–H groups in total. The van der Waals surface area contributed by atoms with Crippen molar-refractivity contribution in [1.82, 2.24) is 5.43 Å². The standard InChI is InChI=1S/C21H16N2O2S/c1-26-16-9-6-14(7-10-16)13-22-23-21(24)20-12-18-17-5-3-2-4-15(17)8-11-19(18)25-20/h2-13H,1H3,(H,23,24). The maximum Gasteiger partial charge on any atom is 0.307 e. The quantitative estimate of drug-likeness (QED) is 0.314. The fourth-order valence-electron chi connectivity index (χ4n) is 2.81. The average Bonchev–Trinajstić information content (AvgIpc) is 3.13. The van der Waals surface area contributed by atoms with Gasteiger partial charge in [0, 0.05) is 10.3 Å². The van der Waals surface area contributed by atoms with E-state index in [0.29, 0.717) is 5.58 Å². The Bertz CT molecular complexity index is 1110. The molecule has 0 aliphatic heterocycles. The van der Waals surface area contributed by atoms with Gasteiger partial charge in [-0.25, -0.2) is 5.43 Å². The number of hydrogen-bond acceptors (Lipinski definition) is 4. The minimum atomic E-state index is -0.373. The molecule has 3 aromatic carbocycles. The summed E-state index contributed by atoms with van der Waals surface area (Å²) in [4.78, 5) is 13.5. The van der Waals surface area contributed by atoms with Crippen molar-refractivity contribution in [3.05, 3.63) is 78.1 Å². The Kier molecular flexibility index (Phi) is 4.46. The van der Waals surface area contributed by atoms with Crippen LogP contribution in [-0.4, -0.2) is 18.4 Å². The third kappa shape index (κ3) is 3.21. The van der Waals surface area contributed by atoms with Gasteiger partial charge in [-0.15, -0.1) is 11.8 Å². The Morgan fingerprint density at radius 1 is 1.04 bits per heavy atom. The van der Waals surface area contributed by atoms with Gasteiger partial charge in [0.1, 0.15) is 5.58 Å². The van der Waals surface area contributed by atoms with E-state index in [4.69, 9.17) is 4.42 Å². The first-order valence-electron chi connectivity index (χ1n) is 8.13. The highest BCUT2D eigenvalue weighted by Gasteiger charge is 2.13. The molecule has 4 rings (SSSR count). The predicted molar refractivity (Wildman–Crippen MR) is 107 cm³/mol. The van der Waals surface area contributed by atoms with Crippen molar-refractivity contribution in [3.8, 4) is 0 Å². The molecule has 0 radical (unpaired) electrons. The van der Waals surface area contributed by atoms with E-state index in [2.05, 4.69) is 10.5 Å². The van der Waals surface area contributed by atoms with Gasteiger partial charge in [-0.2, -0.15) is 5.10 Å². The van der Waals surface area contributed by atoms with Gasteiger partial charge in [-0.05, 0) is 46.9 Å². The molecule has 0 aliphatic carbocycles. The monoisotopic (exact) mass is 360 g/mol. The molecule has 4 nitrogen and oxygen atoms in total. The summed E-state index contributed by atoms with van der Waals surface area (Å²) in [7, 11) is 0. The molecule has 1 amide bonds. The van der Waals surface area contributed by atoms with Crippen LogP contribution >= 0.6 is 11.8 Å². The maximum atomic E-state index is 12.3. The molecule has 5 heteroatoms. The van der Waals surface area contributed by atoms with E-state index < -0.39 is 0 Å². The van der Waals surface area contributed by atoms with Gasteiger partial charge in [-0.1, -0.05) is 42.5 Å². The van der Waals surface area contributed by atoms with Crippen molar-refractivity contribution >= 4 is 45.6 Å². The number of hydrogen-bond donors (Lipinski definition) is 1. The van der Waals surface area contributed by atoms with Crippen molar-refractivity contribution in [2.24, 2.45) is 5.10 Å². The molecule has 0 spiro atoms. The Morgan fingerprint density at radius 2 is 1.85 bits per heavy atom. The summed E-state index contributed by atoms with van der Waals surface area (Å²) in [6, 6.07) is 21.6. The van der Waals surface area contributed by atoms with Crippen molar-refractivity contribution < 1.29 is 9.21 Å². The Labute approximate surface area is 154 Å². The number of carbonyl (C=O) groups is 1. The number of carbonyl (C=O) groups excluding carboxylic acids is 1. The summed E-state index contributed by atoms with van der Waals surface area (Å²) in [5.41, 5.74) is 4.12. The summed E-state index contributed by atoms with van der Waals surface area (Å²) in [6.45, 7) is 0. The molecule has 0 fully saturated rings. The van der Waals surface area contributed by atoms with Gasteiger partial charge < -0.3 is 4.42 Å². The van der Waals surface area contributed by atoms with Crippen LogP contribution in [-0.2, 0) is 0 Å². The zero-order valence-electron chi connectivity index (χ0n) is 14.1. The lowest BCUT2D eigenvalue weighted by Gasteiger charge is -1.97. The van der Waals surface area contributed by atoms with Crippen LogP contribution in [0.1, 0.15) is 16.1 Å². The molecular weight excluding hydrogens is 344 g/mol. The predicted octanol–water partition coefficient (Wildman–Crippen LogP) is 5.07. The topological polar surface area (TPSA) is 54.6 Å². The molecule has 0 unspecified atom stereocenters. The first kappa shape index (κ1) is 16.4. The first-order chi connectivity index (χ1) is 12.7. The number of furan rings is 1. The molecule has 1 aromatic heterocycles. The molecule has 0 saturated carbocycles. The van der Waals surface area contributed by atoms with Gasteiger partial charge in [0.2, 0.25) is 0 Å². The molecule has 128 valence electrons. The SMILES string of the molecule is CSc1ccc(C=NNC(=O)c2cc3c(ccc4ccccc43)o2)cc1. The Morgan fingerprint density at radius 3 is 2.65 bits per heavy atom. The van der Waals surface area contributed by atoms with Crippen molar-refractivity contribution in [2.45, 2.75) is 4.90 Å². The highest BCUT2D eigenvalue weighted by Crippen LogP contribution is 2.28. The van der Waals surface area contributed by atoms with Gasteiger partial charge in [-0.3, -0.25) is 4.79 Å². The van der Waals surface area contributed by atoms with Gasteiger partial charge in [0.15, 0.2) is 5.76 Å². The van der Waals surface area contributed by atoms with Gasteiger partial charge >= 0.3 is 5.91 Å². The van der Waals surface area contributed by atoms with E-state index in [1.54, 1.807) is 24.0 Å². The average molecular weight is 360 g/mol. The number of nitrogens with one attached hydrogen (secondary N) is 1. The molecule has 26 heavy (non-hydrogen) atoms. The Hall–Kier alpha value is -3.05. The molecule has 0 bridgehead atoms. The van der Waals surface area contributed by atoms with E-state index in [-0.39, 0.29) is 11.7 Å². The Balaban J connectivity index is 1.54. The van der Waals surface area contributed by atoms with Crippen LogP contribution in [0.25, 0.3) is 21.7 Å². The second-order valence-electron chi connectivity index (χ2n) is 5.78. The number of fused-ring (bicyclic) bond motifs is 3.